The largest absolute Gasteiger partial charge is 0.398 e. The lowest BCUT2D eigenvalue weighted by atomic mass is 10.2. The fourth-order valence-corrected chi connectivity index (χ4v) is 2.09. The smallest absolute Gasteiger partial charge is 0.250 e. The molecule has 3 nitrogen and oxygen atoms in total. The van der Waals surface area contributed by atoms with Crippen molar-refractivity contribution in [3.05, 3.63) is 62.7 Å². The van der Waals surface area contributed by atoms with Crippen LogP contribution in [0.25, 0.3) is 0 Å². The fourth-order valence-electron chi connectivity index (χ4n) is 1.57. The van der Waals surface area contributed by atoms with Gasteiger partial charge >= 0.3 is 0 Å². The number of nitrogen functional groups attached to an aromatic ring is 1. The zero-order valence-corrected chi connectivity index (χ0v) is 10.4. The highest BCUT2D eigenvalue weighted by atomic mass is 79.9. The highest BCUT2D eigenvalue weighted by Crippen LogP contribution is 2.15. The second-order valence-electron chi connectivity index (χ2n) is 3.71. The molecular weight excluding hydrogens is 287 g/mol. The number of anilines is 1. The van der Waals surface area contributed by atoms with E-state index in [1.807, 2.05) is 0 Å². The van der Waals surface area contributed by atoms with Gasteiger partial charge in [0.25, 0.3) is 5.56 Å². The standard InChI is InChI=1S/C12H10BrFN2O/c13-9-3-8(4-10(14)5-9)6-16-7-11(15)1-2-12(16)17/h1-5,7H,6,15H2. The molecule has 0 radical (unpaired) electrons. The number of benzene rings is 1. The minimum Gasteiger partial charge on any atom is -0.398 e. The second-order valence-corrected chi connectivity index (χ2v) is 4.62. The molecule has 0 aliphatic rings. The van der Waals surface area contributed by atoms with Crippen LogP contribution in [0, 0.1) is 5.82 Å². The number of hydrogen-bond acceptors (Lipinski definition) is 2. The van der Waals surface area contributed by atoms with Gasteiger partial charge in [0, 0.05) is 22.4 Å². The van der Waals surface area contributed by atoms with Gasteiger partial charge < -0.3 is 10.3 Å². The van der Waals surface area contributed by atoms with E-state index < -0.39 is 0 Å². The number of nitrogens with zero attached hydrogens (tertiary/aromatic N) is 1. The maximum Gasteiger partial charge on any atom is 0.250 e. The first kappa shape index (κ1) is 11.9. The van der Waals surface area contributed by atoms with Crippen molar-refractivity contribution in [3.8, 4) is 0 Å². The van der Waals surface area contributed by atoms with Crippen molar-refractivity contribution >= 4 is 21.6 Å². The normalized spacial score (nSPS) is 10.5. The third kappa shape index (κ3) is 2.94. The minimum absolute atomic E-state index is 0.167. The molecule has 2 rings (SSSR count). The molecule has 1 aromatic heterocycles. The molecule has 0 unspecified atom stereocenters. The van der Waals surface area contributed by atoms with E-state index in [2.05, 4.69) is 15.9 Å². The Morgan fingerprint density at radius 1 is 1.29 bits per heavy atom. The Balaban J connectivity index is 2.37. The molecule has 17 heavy (non-hydrogen) atoms. The van der Waals surface area contributed by atoms with Crippen LogP contribution < -0.4 is 11.3 Å². The van der Waals surface area contributed by atoms with Crippen molar-refractivity contribution in [2.75, 3.05) is 5.73 Å². The predicted octanol–water partition coefficient (Wildman–Crippen LogP) is 2.38. The molecule has 0 fully saturated rings. The average molecular weight is 297 g/mol. The summed E-state index contributed by atoms with van der Waals surface area (Å²) in [5.41, 5.74) is 6.63. The van der Waals surface area contributed by atoms with Gasteiger partial charge in [-0.25, -0.2) is 4.39 Å². The SMILES string of the molecule is Nc1ccc(=O)n(Cc2cc(F)cc(Br)c2)c1. The van der Waals surface area contributed by atoms with Gasteiger partial charge in [-0.2, -0.15) is 0 Å². The van der Waals surface area contributed by atoms with Crippen LogP contribution in [0.2, 0.25) is 0 Å². The van der Waals surface area contributed by atoms with Gasteiger partial charge in [-0.1, -0.05) is 15.9 Å². The Hall–Kier alpha value is -1.62. The first-order valence-electron chi connectivity index (χ1n) is 4.95. The summed E-state index contributed by atoms with van der Waals surface area (Å²) >= 11 is 3.21. The Labute approximate surface area is 106 Å². The third-order valence-corrected chi connectivity index (χ3v) is 2.74. The van der Waals surface area contributed by atoms with Crippen LogP contribution in [-0.4, -0.2) is 4.57 Å². The van der Waals surface area contributed by atoms with Crippen molar-refractivity contribution in [1.29, 1.82) is 0 Å². The molecule has 5 heteroatoms. The molecule has 0 spiro atoms. The number of hydrogen-bond donors (Lipinski definition) is 1. The first-order chi connectivity index (χ1) is 8.04. The Morgan fingerprint density at radius 2 is 2.06 bits per heavy atom. The molecule has 0 aliphatic heterocycles. The quantitative estimate of drug-likeness (QED) is 0.925. The predicted molar refractivity (Wildman–Crippen MR) is 68.3 cm³/mol. The monoisotopic (exact) mass is 296 g/mol. The Morgan fingerprint density at radius 3 is 2.76 bits per heavy atom. The zero-order valence-electron chi connectivity index (χ0n) is 8.86. The number of rotatable bonds is 2. The van der Waals surface area contributed by atoms with E-state index in [0.29, 0.717) is 22.3 Å². The van der Waals surface area contributed by atoms with E-state index in [1.54, 1.807) is 18.3 Å². The zero-order chi connectivity index (χ0) is 12.4. The highest BCUT2D eigenvalue weighted by molar-refractivity contribution is 9.10. The second kappa shape index (κ2) is 4.71. The van der Waals surface area contributed by atoms with E-state index in [9.17, 15) is 9.18 Å². The molecule has 0 saturated heterocycles. The van der Waals surface area contributed by atoms with Crippen LogP contribution in [0.4, 0.5) is 10.1 Å². The van der Waals surface area contributed by atoms with Gasteiger partial charge in [0.2, 0.25) is 0 Å². The molecule has 0 atom stereocenters. The number of nitrogens with two attached hydrogens (primary N) is 1. The van der Waals surface area contributed by atoms with Crippen molar-refractivity contribution < 1.29 is 4.39 Å². The van der Waals surface area contributed by atoms with Crippen LogP contribution in [0.15, 0.2) is 45.8 Å². The molecule has 1 aromatic carbocycles. The van der Waals surface area contributed by atoms with Crippen LogP contribution in [0.3, 0.4) is 0 Å². The van der Waals surface area contributed by atoms with Crippen molar-refractivity contribution in [2.24, 2.45) is 0 Å². The topological polar surface area (TPSA) is 48.0 Å². The summed E-state index contributed by atoms with van der Waals surface area (Å²) in [6.07, 6.45) is 1.54. The van der Waals surface area contributed by atoms with E-state index >= 15 is 0 Å². The summed E-state index contributed by atoms with van der Waals surface area (Å²) in [6.45, 7) is 0.292. The summed E-state index contributed by atoms with van der Waals surface area (Å²) in [5.74, 6) is -0.341. The summed E-state index contributed by atoms with van der Waals surface area (Å²) in [7, 11) is 0. The molecule has 0 bridgehead atoms. The molecule has 0 saturated carbocycles. The molecule has 2 N–H and O–H groups in total. The van der Waals surface area contributed by atoms with E-state index in [4.69, 9.17) is 5.73 Å². The van der Waals surface area contributed by atoms with E-state index in [-0.39, 0.29) is 11.4 Å². The number of halogens is 2. The minimum atomic E-state index is -0.341. The number of pyridine rings is 1. The van der Waals surface area contributed by atoms with Crippen molar-refractivity contribution in [2.45, 2.75) is 6.54 Å². The molecule has 0 aliphatic carbocycles. The lowest BCUT2D eigenvalue weighted by Crippen LogP contribution is -2.19. The van der Waals surface area contributed by atoms with Gasteiger partial charge in [0.15, 0.2) is 0 Å². The van der Waals surface area contributed by atoms with Gasteiger partial charge in [-0.05, 0) is 29.8 Å². The summed E-state index contributed by atoms with van der Waals surface area (Å²) < 4.78 is 15.3. The Bertz CT molecular complexity index is 589. The van der Waals surface area contributed by atoms with Gasteiger partial charge in [-0.15, -0.1) is 0 Å². The summed E-state index contributed by atoms with van der Waals surface area (Å²) in [5, 5.41) is 0. The van der Waals surface area contributed by atoms with Crippen molar-refractivity contribution in [1.82, 2.24) is 4.57 Å². The summed E-state index contributed by atoms with van der Waals surface area (Å²) in [6, 6.07) is 7.45. The lowest BCUT2D eigenvalue weighted by Gasteiger charge is -2.07. The maximum atomic E-state index is 13.2. The average Bonchev–Trinajstić information content (AvgIpc) is 2.22. The van der Waals surface area contributed by atoms with Crippen LogP contribution in [0.5, 0.6) is 0 Å². The Kier molecular flexibility index (Phi) is 3.28. The molecule has 2 aromatic rings. The molecule has 0 amide bonds. The van der Waals surface area contributed by atoms with E-state index in [0.717, 1.165) is 0 Å². The molecular formula is C12H10BrFN2O. The van der Waals surface area contributed by atoms with Crippen LogP contribution in [0.1, 0.15) is 5.56 Å². The summed E-state index contributed by atoms with van der Waals surface area (Å²) in [4.78, 5) is 11.5. The van der Waals surface area contributed by atoms with Gasteiger partial charge in [0.05, 0.1) is 6.54 Å². The van der Waals surface area contributed by atoms with Crippen LogP contribution in [-0.2, 0) is 6.54 Å². The van der Waals surface area contributed by atoms with Crippen molar-refractivity contribution in [3.63, 3.8) is 0 Å². The first-order valence-corrected chi connectivity index (χ1v) is 5.75. The maximum absolute atomic E-state index is 13.2. The fraction of sp³-hybridized carbons (Fsp3) is 0.0833. The van der Waals surface area contributed by atoms with Crippen LogP contribution >= 0.6 is 15.9 Å². The van der Waals surface area contributed by atoms with Gasteiger partial charge in [0.1, 0.15) is 5.82 Å². The molecule has 1 heterocycles. The lowest BCUT2D eigenvalue weighted by molar-refractivity contribution is 0.622. The van der Waals surface area contributed by atoms with E-state index in [1.165, 1.54) is 22.8 Å². The molecule has 88 valence electrons. The third-order valence-electron chi connectivity index (χ3n) is 2.28. The highest BCUT2D eigenvalue weighted by Gasteiger charge is 2.02. The van der Waals surface area contributed by atoms with Gasteiger partial charge in [-0.3, -0.25) is 4.79 Å². The number of aromatic nitrogens is 1.